The van der Waals surface area contributed by atoms with Gasteiger partial charge in [-0.2, -0.15) is 0 Å². The van der Waals surface area contributed by atoms with Gasteiger partial charge < -0.3 is 14.6 Å². The Morgan fingerprint density at radius 2 is 2.11 bits per heavy atom. The summed E-state index contributed by atoms with van der Waals surface area (Å²) < 4.78 is 5.21. The number of hydrogen-bond acceptors (Lipinski definition) is 4. The molecule has 1 aromatic carbocycles. The Kier molecular flexibility index (Phi) is 4.57. The number of likely N-dealkylation sites (N-methyl/N-ethyl adjacent to an activating group) is 1. The third-order valence-electron chi connectivity index (χ3n) is 4.94. The quantitative estimate of drug-likeness (QED) is 0.521. The average molecular weight is 375 g/mol. The molecule has 4 rings (SSSR count). The molecule has 1 unspecified atom stereocenters. The molecule has 0 aliphatic heterocycles. The van der Waals surface area contributed by atoms with E-state index >= 15 is 0 Å². The zero-order valence-corrected chi connectivity index (χ0v) is 15.9. The number of aromatic amines is 2. The maximum Gasteiger partial charge on any atom is 0.246 e. The number of methoxy groups -OCH3 is 1. The molecule has 0 aliphatic carbocycles. The van der Waals surface area contributed by atoms with Gasteiger partial charge in [0.05, 0.1) is 18.5 Å². The number of para-hydroxylation sites is 1. The second-order valence-electron chi connectivity index (χ2n) is 6.67. The van der Waals surface area contributed by atoms with Gasteiger partial charge in [-0.3, -0.25) is 9.89 Å². The van der Waals surface area contributed by atoms with Crippen LogP contribution in [0.4, 0.5) is 0 Å². The van der Waals surface area contributed by atoms with E-state index in [4.69, 9.17) is 4.74 Å². The number of amides is 1. The maximum absolute atomic E-state index is 12.6. The minimum Gasteiger partial charge on any atom is -0.479 e. The molecule has 0 aliphatic rings. The number of hydrogen-bond donors (Lipinski definition) is 2. The van der Waals surface area contributed by atoms with Gasteiger partial charge in [0.25, 0.3) is 0 Å². The Hall–Kier alpha value is -3.61. The summed E-state index contributed by atoms with van der Waals surface area (Å²) in [6.45, 7) is 2.00. The van der Waals surface area contributed by atoms with E-state index in [-0.39, 0.29) is 11.9 Å². The highest BCUT2D eigenvalue weighted by atomic mass is 16.5. The van der Waals surface area contributed by atoms with Gasteiger partial charge in [-0.15, -0.1) is 5.10 Å². The molecule has 4 aromatic rings. The number of carbonyl (C=O) groups excluding carboxylic acids is 1. The summed E-state index contributed by atoms with van der Waals surface area (Å²) in [7, 11) is 3.35. The number of nitrogens with zero attached hydrogens (tertiary/aromatic N) is 3. The lowest BCUT2D eigenvalue weighted by Crippen LogP contribution is -2.28. The van der Waals surface area contributed by atoms with Gasteiger partial charge in [-0.25, -0.2) is 4.98 Å². The van der Waals surface area contributed by atoms with Crippen molar-refractivity contribution in [3.63, 3.8) is 0 Å². The van der Waals surface area contributed by atoms with E-state index in [1.54, 1.807) is 37.4 Å². The van der Waals surface area contributed by atoms with Gasteiger partial charge in [-0.05, 0) is 42.1 Å². The van der Waals surface area contributed by atoms with Crippen LogP contribution in [0.3, 0.4) is 0 Å². The van der Waals surface area contributed by atoms with Crippen molar-refractivity contribution < 1.29 is 9.53 Å². The summed E-state index contributed by atoms with van der Waals surface area (Å²) in [5, 5.41) is 8.75. The highest BCUT2D eigenvalue weighted by molar-refractivity contribution is 5.93. The SMILES string of the molecule is COc1n[nH]c2ncc(C=CC(=O)N(C)C(C)c3cc4ccccc4[nH]3)cc12. The van der Waals surface area contributed by atoms with Gasteiger partial charge in [0.2, 0.25) is 11.8 Å². The predicted octanol–water partition coefficient (Wildman–Crippen LogP) is 3.68. The van der Waals surface area contributed by atoms with Gasteiger partial charge in [0.1, 0.15) is 0 Å². The monoisotopic (exact) mass is 375 g/mol. The van der Waals surface area contributed by atoms with Crippen molar-refractivity contribution in [1.29, 1.82) is 0 Å². The van der Waals surface area contributed by atoms with Crippen molar-refractivity contribution in [2.45, 2.75) is 13.0 Å². The Labute approximate surface area is 162 Å². The van der Waals surface area contributed by atoms with E-state index < -0.39 is 0 Å². The molecule has 7 nitrogen and oxygen atoms in total. The minimum atomic E-state index is -0.0922. The fourth-order valence-corrected chi connectivity index (χ4v) is 3.15. The third-order valence-corrected chi connectivity index (χ3v) is 4.94. The smallest absolute Gasteiger partial charge is 0.246 e. The first-order chi connectivity index (χ1) is 13.6. The first kappa shape index (κ1) is 17.8. The second kappa shape index (κ2) is 7.19. The van der Waals surface area contributed by atoms with E-state index in [9.17, 15) is 4.79 Å². The molecule has 0 saturated carbocycles. The van der Waals surface area contributed by atoms with E-state index in [0.717, 1.165) is 27.5 Å². The van der Waals surface area contributed by atoms with Crippen molar-refractivity contribution in [1.82, 2.24) is 25.1 Å². The fraction of sp³-hybridized carbons (Fsp3) is 0.190. The zero-order valence-electron chi connectivity index (χ0n) is 15.9. The molecule has 1 atom stereocenters. The van der Waals surface area contributed by atoms with Gasteiger partial charge in [0.15, 0.2) is 5.65 Å². The van der Waals surface area contributed by atoms with Crippen molar-refractivity contribution >= 4 is 33.9 Å². The van der Waals surface area contributed by atoms with Crippen LogP contribution in [-0.2, 0) is 4.79 Å². The summed E-state index contributed by atoms with van der Waals surface area (Å²) in [5.74, 6) is 0.388. The van der Waals surface area contributed by atoms with E-state index in [1.807, 2.05) is 31.2 Å². The normalized spacial score (nSPS) is 12.7. The summed E-state index contributed by atoms with van der Waals surface area (Å²) in [6, 6.07) is 12.0. The molecule has 0 radical (unpaired) electrons. The topological polar surface area (TPSA) is 86.9 Å². The minimum absolute atomic E-state index is 0.0841. The molecule has 3 aromatic heterocycles. The molecule has 1 amide bonds. The molecule has 142 valence electrons. The Morgan fingerprint density at radius 3 is 2.89 bits per heavy atom. The standard InChI is InChI=1S/C21H21N5O2/c1-13(18-11-15-6-4-5-7-17(15)23-18)26(2)19(27)9-8-14-10-16-20(22-12-14)24-25-21(16)28-3/h4-13,23H,1-3H3,(H,22,24,25). The lowest BCUT2D eigenvalue weighted by molar-refractivity contribution is -0.126. The average Bonchev–Trinajstić information content (AvgIpc) is 3.34. The zero-order chi connectivity index (χ0) is 19.7. The second-order valence-corrected chi connectivity index (χ2v) is 6.67. The molecular formula is C21H21N5O2. The molecule has 3 heterocycles. The number of rotatable bonds is 5. The predicted molar refractivity (Wildman–Crippen MR) is 109 cm³/mol. The first-order valence-electron chi connectivity index (χ1n) is 8.97. The van der Waals surface area contributed by atoms with Crippen molar-refractivity contribution in [2.24, 2.45) is 0 Å². The molecule has 0 bridgehead atoms. The Bertz CT molecular complexity index is 1140. The van der Waals surface area contributed by atoms with Crippen LogP contribution in [0.5, 0.6) is 5.88 Å². The highest BCUT2D eigenvalue weighted by Gasteiger charge is 2.17. The van der Waals surface area contributed by atoms with Gasteiger partial charge >= 0.3 is 0 Å². The summed E-state index contributed by atoms with van der Waals surface area (Å²) >= 11 is 0. The van der Waals surface area contributed by atoms with Crippen LogP contribution >= 0.6 is 0 Å². The lowest BCUT2D eigenvalue weighted by atomic mass is 10.2. The number of pyridine rings is 1. The largest absolute Gasteiger partial charge is 0.479 e. The van der Waals surface area contributed by atoms with Crippen molar-refractivity contribution in [3.05, 3.63) is 59.9 Å². The van der Waals surface area contributed by atoms with Crippen LogP contribution in [0.25, 0.3) is 28.0 Å². The third kappa shape index (κ3) is 3.22. The number of ether oxygens (including phenoxy) is 1. The number of benzene rings is 1. The van der Waals surface area contributed by atoms with Crippen molar-refractivity contribution in [2.75, 3.05) is 14.2 Å². The molecule has 0 fully saturated rings. The summed E-state index contributed by atoms with van der Waals surface area (Å²) in [4.78, 5) is 22.0. The van der Waals surface area contributed by atoms with Crippen molar-refractivity contribution in [3.8, 4) is 5.88 Å². The molecule has 2 N–H and O–H groups in total. The number of fused-ring (bicyclic) bond motifs is 2. The molecular weight excluding hydrogens is 354 g/mol. The van der Waals surface area contributed by atoms with Crippen LogP contribution in [0.2, 0.25) is 0 Å². The maximum atomic E-state index is 12.6. The van der Waals surface area contributed by atoms with E-state index in [2.05, 4.69) is 32.3 Å². The first-order valence-corrected chi connectivity index (χ1v) is 8.97. The molecule has 0 saturated heterocycles. The van der Waals surface area contributed by atoms with Crippen LogP contribution < -0.4 is 4.74 Å². The van der Waals surface area contributed by atoms with Crippen LogP contribution in [0, 0.1) is 0 Å². The van der Waals surface area contributed by atoms with Crippen LogP contribution in [0.15, 0.2) is 48.7 Å². The molecule has 28 heavy (non-hydrogen) atoms. The van der Waals surface area contributed by atoms with E-state index in [1.165, 1.54) is 0 Å². The molecule has 0 spiro atoms. The fourth-order valence-electron chi connectivity index (χ4n) is 3.15. The van der Waals surface area contributed by atoms with Gasteiger partial charge in [0, 0.05) is 30.5 Å². The van der Waals surface area contributed by atoms with Crippen LogP contribution in [-0.4, -0.2) is 45.1 Å². The number of nitrogens with one attached hydrogen (secondary N) is 2. The molecule has 7 heteroatoms. The summed E-state index contributed by atoms with van der Waals surface area (Å²) in [6.07, 6.45) is 4.98. The Balaban J connectivity index is 1.51. The highest BCUT2D eigenvalue weighted by Crippen LogP contribution is 2.24. The number of aromatic nitrogens is 4. The van der Waals surface area contributed by atoms with Crippen LogP contribution in [0.1, 0.15) is 24.2 Å². The Morgan fingerprint density at radius 1 is 1.29 bits per heavy atom. The van der Waals surface area contributed by atoms with Gasteiger partial charge in [-0.1, -0.05) is 18.2 Å². The summed E-state index contributed by atoms with van der Waals surface area (Å²) in [5.41, 5.74) is 3.50. The van der Waals surface area contributed by atoms with E-state index in [0.29, 0.717) is 11.5 Å². The number of carbonyl (C=O) groups is 1. The lowest BCUT2D eigenvalue weighted by Gasteiger charge is -2.22. The number of H-pyrrole nitrogens is 2.